The van der Waals surface area contributed by atoms with Gasteiger partial charge in [0.25, 0.3) is 5.91 Å². The summed E-state index contributed by atoms with van der Waals surface area (Å²) in [5.74, 6) is 0.758. The minimum atomic E-state index is -0.258. The predicted molar refractivity (Wildman–Crippen MR) is 141 cm³/mol. The van der Waals surface area contributed by atoms with Gasteiger partial charge in [-0.3, -0.25) is 9.78 Å². The molecular formula is C27H29ClN6O3. The van der Waals surface area contributed by atoms with Crippen molar-refractivity contribution in [2.24, 2.45) is 0 Å². The first kappa shape index (κ1) is 25.1. The molecule has 0 unspecified atom stereocenters. The lowest BCUT2D eigenvalue weighted by Gasteiger charge is -2.14. The number of aromatic nitrogens is 5. The van der Waals surface area contributed by atoms with Crippen LogP contribution in [0.1, 0.15) is 54.7 Å². The molecule has 1 atom stereocenters. The van der Waals surface area contributed by atoms with Gasteiger partial charge in [0.15, 0.2) is 11.2 Å². The first-order valence-electron chi connectivity index (χ1n) is 12.3. The Bertz CT molecular complexity index is 1470. The van der Waals surface area contributed by atoms with Gasteiger partial charge in [0.1, 0.15) is 17.8 Å². The number of halogens is 1. The molecule has 0 radical (unpaired) electrons. The molecule has 3 heterocycles. The first-order valence-corrected chi connectivity index (χ1v) is 12.7. The number of aryl methyl sites for hydroxylation is 1. The van der Waals surface area contributed by atoms with Crippen LogP contribution >= 0.6 is 11.6 Å². The van der Waals surface area contributed by atoms with E-state index >= 15 is 0 Å². The van der Waals surface area contributed by atoms with Crippen molar-refractivity contribution >= 4 is 28.7 Å². The van der Waals surface area contributed by atoms with Crippen molar-refractivity contribution < 1.29 is 14.6 Å². The quantitative estimate of drug-likeness (QED) is 0.337. The average Bonchev–Trinajstić information content (AvgIpc) is 3.47. The zero-order valence-corrected chi connectivity index (χ0v) is 21.8. The molecule has 1 saturated carbocycles. The first-order chi connectivity index (χ1) is 17.8. The Hall–Kier alpha value is -3.56. The van der Waals surface area contributed by atoms with Crippen LogP contribution in [0.3, 0.4) is 0 Å². The van der Waals surface area contributed by atoms with Crippen molar-refractivity contribution in [3.8, 4) is 17.3 Å². The van der Waals surface area contributed by atoms with Crippen molar-refractivity contribution in [3.05, 3.63) is 64.7 Å². The number of nitrogens with one attached hydrogen (secondary N) is 1. The number of carbonyl (C=O) groups excluding carboxylic acids is 1. The molecule has 5 rings (SSSR count). The van der Waals surface area contributed by atoms with Crippen LogP contribution in [0.25, 0.3) is 22.6 Å². The molecule has 1 aliphatic carbocycles. The molecule has 1 amide bonds. The highest BCUT2D eigenvalue weighted by molar-refractivity contribution is 6.33. The van der Waals surface area contributed by atoms with Crippen LogP contribution in [-0.2, 0) is 6.54 Å². The van der Waals surface area contributed by atoms with Crippen LogP contribution in [0.2, 0.25) is 5.02 Å². The Balaban J connectivity index is 1.57. The van der Waals surface area contributed by atoms with Crippen molar-refractivity contribution in [1.82, 2.24) is 29.8 Å². The Labute approximate surface area is 219 Å². The third kappa shape index (κ3) is 5.42. The standard InChI is InChI=1S/C27H29ClN6O3/c1-16-6-10-29-19(12-16)14-34-23(33-22-24(34)30-15-31-26(22)37-27(3)8-9-27)20-5-4-18(13-21(20)28)25(36)32-17(2)7-11-35/h4-6,10,12-13,15,17,35H,7-9,11,14H2,1-3H3,(H,32,36)/t17-/m1/s1. The number of nitrogens with zero attached hydrogens (tertiary/aromatic N) is 5. The minimum Gasteiger partial charge on any atom is -0.470 e. The van der Waals surface area contributed by atoms with Crippen LogP contribution in [-0.4, -0.2) is 53.8 Å². The number of amides is 1. The Morgan fingerprint density at radius 2 is 2.05 bits per heavy atom. The van der Waals surface area contributed by atoms with E-state index in [1.165, 1.54) is 6.33 Å². The number of hydrogen-bond acceptors (Lipinski definition) is 7. The summed E-state index contributed by atoms with van der Waals surface area (Å²) in [7, 11) is 0. The molecular weight excluding hydrogens is 492 g/mol. The molecule has 9 nitrogen and oxygen atoms in total. The van der Waals surface area contributed by atoms with Gasteiger partial charge in [-0.15, -0.1) is 0 Å². The number of hydrogen-bond donors (Lipinski definition) is 2. The maximum atomic E-state index is 12.7. The lowest BCUT2D eigenvalue weighted by molar-refractivity contribution is 0.0934. The molecule has 0 saturated heterocycles. The second-order valence-corrected chi connectivity index (χ2v) is 10.2. The number of carbonyl (C=O) groups is 1. The number of aliphatic hydroxyl groups excluding tert-OH is 1. The summed E-state index contributed by atoms with van der Waals surface area (Å²) >= 11 is 6.73. The van der Waals surface area contributed by atoms with Gasteiger partial charge in [0.05, 0.1) is 17.3 Å². The Morgan fingerprint density at radius 1 is 1.24 bits per heavy atom. The van der Waals surface area contributed by atoms with Crippen molar-refractivity contribution in [3.63, 3.8) is 0 Å². The van der Waals surface area contributed by atoms with Crippen molar-refractivity contribution in [2.45, 2.75) is 58.2 Å². The number of rotatable bonds is 9. The SMILES string of the molecule is Cc1ccnc(Cn2c(-c3ccc(C(=O)N[C@H](C)CCO)cc3Cl)nc3c(OC4(C)CC4)ncnc32)c1. The number of ether oxygens (including phenoxy) is 1. The van der Waals surface area contributed by atoms with Crippen LogP contribution in [0, 0.1) is 6.92 Å². The molecule has 1 aliphatic rings. The van der Waals surface area contributed by atoms with E-state index in [0.717, 1.165) is 24.1 Å². The van der Waals surface area contributed by atoms with Gasteiger partial charge < -0.3 is 19.7 Å². The summed E-state index contributed by atoms with van der Waals surface area (Å²) in [6.45, 7) is 6.33. The van der Waals surface area contributed by atoms with Crippen molar-refractivity contribution in [1.29, 1.82) is 0 Å². The Morgan fingerprint density at radius 3 is 2.76 bits per heavy atom. The normalized spacial score (nSPS) is 14.9. The maximum Gasteiger partial charge on any atom is 0.251 e. The summed E-state index contributed by atoms with van der Waals surface area (Å²) in [6.07, 6.45) is 5.66. The molecule has 1 fully saturated rings. The zero-order chi connectivity index (χ0) is 26.2. The summed E-state index contributed by atoms with van der Waals surface area (Å²) in [5.41, 5.74) is 3.95. The second-order valence-electron chi connectivity index (χ2n) is 9.83. The summed E-state index contributed by atoms with van der Waals surface area (Å²) in [4.78, 5) is 31.0. The number of benzene rings is 1. The number of pyridine rings is 1. The molecule has 0 bridgehead atoms. The fourth-order valence-electron chi connectivity index (χ4n) is 4.12. The monoisotopic (exact) mass is 520 g/mol. The van der Waals surface area contributed by atoms with E-state index in [4.69, 9.17) is 26.4 Å². The highest BCUT2D eigenvalue weighted by Crippen LogP contribution is 2.41. The lowest BCUT2D eigenvalue weighted by atomic mass is 10.1. The molecule has 0 aliphatic heterocycles. The largest absolute Gasteiger partial charge is 0.470 e. The number of aliphatic hydroxyl groups is 1. The van der Waals surface area contributed by atoms with Crippen molar-refractivity contribution in [2.75, 3.05) is 6.61 Å². The van der Waals surface area contributed by atoms with Gasteiger partial charge in [0, 0.05) is 30.0 Å². The van der Waals surface area contributed by atoms with E-state index in [1.54, 1.807) is 24.4 Å². The molecule has 0 spiro atoms. The second kappa shape index (κ2) is 10.1. The van der Waals surface area contributed by atoms with Gasteiger partial charge in [-0.2, -0.15) is 4.98 Å². The average molecular weight is 521 g/mol. The van der Waals surface area contributed by atoms with E-state index in [2.05, 4.69) is 27.2 Å². The van der Waals surface area contributed by atoms with E-state index < -0.39 is 0 Å². The lowest BCUT2D eigenvalue weighted by Crippen LogP contribution is -2.33. The van der Waals surface area contributed by atoms with Gasteiger partial charge in [-0.1, -0.05) is 11.6 Å². The van der Waals surface area contributed by atoms with Gasteiger partial charge in [-0.25, -0.2) is 9.97 Å². The van der Waals surface area contributed by atoms with Gasteiger partial charge in [0.2, 0.25) is 5.88 Å². The fourth-order valence-corrected chi connectivity index (χ4v) is 4.38. The third-order valence-electron chi connectivity index (χ3n) is 6.50. The van der Waals surface area contributed by atoms with Crippen LogP contribution in [0.5, 0.6) is 5.88 Å². The topological polar surface area (TPSA) is 115 Å². The molecule has 1 aromatic carbocycles. The molecule has 3 aromatic heterocycles. The fraction of sp³-hybridized carbons (Fsp3) is 0.370. The highest BCUT2D eigenvalue weighted by atomic mass is 35.5. The van der Waals surface area contributed by atoms with E-state index in [0.29, 0.717) is 52.0 Å². The molecule has 2 N–H and O–H groups in total. The summed E-state index contributed by atoms with van der Waals surface area (Å²) in [6, 6.07) is 8.93. The smallest absolute Gasteiger partial charge is 0.251 e. The van der Waals surface area contributed by atoms with Gasteiger partial charge >= 0.3 is 0 Å². The van der Waals surface area contributed by atoms with E-state index in [-0.39, 0.29) is 24.2 Å². The molecule has 37 heavy (non-hydrogen) atoms. The Kier molecular flexibility index (Phi) is 6.83. The minimum absolute atomic E-state index is 0.000894. The van der Waals surface area contributed by atoms with Crippen LogP contribution in [0.4, 0.5) is 0 Å². The maximum absolute atomic E-state index is 12.7. The number of imidazole rings is 1. The molecule has 192 valence electrons. The molecule has 4 aromatic rings. The summed E-state index contributed by atoms with van der Waals surface area (Å²) in [5, 5.41) is 12.4. The third-order valence-corrected chi connectivity index (χ3v) is 6.81. The zero-order valence-electron chi connectivity index (χ0n) is 21.0. The van der Waals surface area contributed by atoms with Crippen LogP contribution < -0.4 is 10.1 Å². The van der Waals surface area contributed by atoms with Crippen LogP contribution in [0.15, 0.2) is 42.9 Å². The molecule has 10 heteroatoms. The predicted octanol–water partition coefficient (Wildman–Crippen LogP) is 4.33. The summed E-state index contributed by atoms with van der Waals surface area (Å²) < 4.78 is 8.14. The van der Waals surface area contributed by atoms with E-state index in [1.807, 2.05) is 30.5 Å². The van der Waals surface area contributed by atoms with Gasteiger partial charge in [-0.05, 0) is 75.9 Å². The highest BCUT2D eigenvalue weighted by Gasteiger charge is 2.41. The van der Waals surface area contributed by atoms with E-state index in [9.17, 15) is 4.79 Å². The number of fused-ring (bicyclic) bond motifs is 1.